The molecule has 2 rings (SSSR count). The van der Waals surface area contributed by atoms with Gasteiger partial charge in [-0.1, -0.05) is 11.3 Å². The molecule has 1 fully saturated rings. The van der Waals surface area contributed by atoms with Crippen molar-refractivity contribution in [2.24, 2.45) is 0 Å². The monoisotopic (exact) mass is 286 g/mol. The second kappa shape index (κ2) is 5.79. The number of hydrogen-bond acceptors (Lipinski definition) is 6. The first-order valence-electron chi connectivity index (χ1n) is 6.02. The van der Waals surface area contributed by atoms with E-state index in [4.69, 9.17) is 5.73 Å². The molecule has 0 aliphatic carbocycles. The number of rotatable bonds is 3. The van der Waals surface area contributed by atoms with Gasteiger partial charge in [0.15, 0.2) is 5.13 Å². The highest BCUT2D eigenvalue weighted by molar-refractivity contribution is 7.99. The summed E-state index contributed by atoms with van der Waals surface area (Å²) in [7, 11) is 0. The van der Waals surface area contributed by atoms with Gasteiger partial charge in [-0.15, -0.1) is 0 Å². The minimum Gasteiger partial charge on any atom is -0.382 e. The summed E-state index contributed by atoms with van der Waals surface area (Å²) >= 11 is 3.23. The Morgan fingerprint density at radius 3 is 3.11 bits per heavy atom. The zero-order valence-electron chi connectivity index (χ0n) is 10.6. The maximum Gasteiger partial charge on any atom is 0.268 e. The van der Waals surface area contributed by atoms with Crippen molar-refractivity contribution in [2.75, 3.05) is 35.6 Å². The van der Waals surface area contributed by atoms with Crippen LogP contribution in [0.15, 0.2) is 0 Å². The van der Waals surface area contributed by atoms with Crippen molar-refractivity contribution in [1.29, 1.82) is 0 Å². The van der Waals surface area contributed by atoms with E-state index < -0.39 is 0 Å². The number of nitrogens with two attached hydrogens (primary N) is 1. The standard InChI is InChI=1S/C11H18N4OS2/c1-3-13-11-14-9(12)8(18-11)10(16)15-4-5-17-6-7(15)2/h7H,3-6,12H2,1-2H3,(H,13,14). The summed E-state index contributed by atoms with van der Waals surface area (Å²) in [6.45, 7) is 5.63. The molecule has 1 saturated heterocycles. The average Bonchev–Trinajstić information content (AvgIpc) is 2.71. The largest absolute Gasteiger partial charge is 0.382 e. The van der Waals surface area contributed by atoms with Crippen LogP contribution in [-0.4, -0.2) is 46.4 Å². The number of thioether (sulfide) groups is 1. The normalized spacial score (nSPS) is 19.9. The topological polar surface area (TPSA) is 71.2 Å². The van der Waals surface area contributed by atoms with Crippen LogP contribution in [0.5, 0.6) is 0 Å². The fourth-order valence-corrected chi connectivity index (χ4v) is 3.79. The lowest BCUT2D eigenvalue weighted by Gasteiger charge is -2.32. The molecular weight excluding hydrogens is 268 g/mol. The Balaban J connectivity index is 2.17. The van der Waals surface area contributed by atoms with Crippen molar-refractivity contribution in [3.05, 3.63) is 4.88 Å². The molecule has 0 saturated carbocycles. The second-order valence-corrected chi connectivity index (χ2v) is 6.34. The zero-order chi connectivity index (χ0) is 13.1. The highest BCUT2D eigenvalue weighted by Gasteiger charge is 2.27. The zero-order valence-corrected chi connectivity index (χ0v) is 12.2. The van der Waals surface area contributed by atoms with Gasteiger partial charge in [0.1, 0.15) is 10.7 Å². The fourth-order valence-electron chi connectivity index (χ4n) is 1.87. The first-order valence-corrected chi connectivity index (χ1v) is 7.99. The van der Waals surface area contributed by atoms with Crippen LogP contribution in [0.2, 0.25) is 0 Å². The van der Waals surface area contributed by atoms with E-state index >= 15 is 0 Å². The molecule has 0 bridgehead atoms. The van der Waals surface area contributed by atoms with Crippen molar-refractivity contribution >= 4 is 40.0 Å². The maximum atomic E-state index is 12.4. The molecule has 0 radical (unpaired) electrons. The van der Waals surface area contributed by atoms with Crippen LogP contribution in [0, 0.1) is 0 Å². The first-order chi connectivity index (χ1) is 8.63. The predicted octanol–water partition coefficient (Wildman–Crippen LogP) is 1.73. The Hall–Kier alpha value is -0.950. The summed E-state index contributed by atoms with van der Waals surface area (Å²) in [6.07, 6.45) is 0. The Morgan fingerprint density at radius 1 is 1.67 bits per heavy atom. The van der Waals surface area contributed by atoms with Gasteiger partial charge in [-0.3, -0.25) is 4.79 Å². The molecule has 1 unspecified atom stereocenters. The summed E-state index contributed by atoms with van der Waals surface area (Å²) < 4.78 is 0. The van der Waals surface area contributed by atoms with Crippen LogP contribution in [0.4, 0.5) is 10.9 Å². The molecular formula is C11H18N4OS2. The van der Waals surface area contributed by atoms with Crippen molar-refractivity contribution in [1.82, 2.24) is 9.88 Å². The van der Waals surface area contributed by atoms with E-state index in [1.807, 2.05) is 23.6 Å². The molecule has 18 heavy (non-hydrogen) atoms. The summed E-state index contributed by atoms with van der Waals surface area (Å²) in [6, 6.07) is 0.264. The van der Waals surface area contributed by atoms with Crippen LogP contribution in [0.3, 0.4) is 0 Å². The minimum atomic E-state index is 0.0157. The third kappa shape index (κ3) is 2.72. The molecule has 1 aromatic rings. The van der Waals surface area contributed by atoms with E-state index in [1.165, 1.54) is 11.3 Å². The number of carbonyl (C=O) groups excluding carboxylic acids is 1. The molecule has 1 atom stereocenters. The molecule has 2 heterocycles. The van der Waals surface area contributed by atoms with Gasteiger partial charge in [-0.25, -0.2) is 4.98 Å². The van der Waals surface area contributed by atoms with Crippen LogP contribution < -0.4 is 11.1 Å². The number of amides is 1. The van der Waals surface area contributed by atoms with Gasteiger partial charge in [0.05, 0.1) is 0 Å². The summed E-state index contributed by atoms with van der Waals surface area (Å²) in [5.41, 5.74) is 5.83. The first kappa shape index (κ1) is 13.5. The molecule has 3 N–H and O–H groups in total. The lowest BCUT2D eigenvalue weighted by Crippen LogP contribution is -2.44. The van der Waals surface area contributed by atoms with Crippen molar-refractivity contribution in [2.45, 2.75) is 19.9 Å². The predicted molar refractivity (Wildman–Crippen MR) is 78.5 cm³/mol. The Labute approximate surface area is 115 Å². The molecule has 1 aliphatic rings. The number of anilines is 2. The molecule has 1 aliphatic heterocycles. The molecule has 1 aromatic heterocycles. The van der Waals surface area contributed by atoms with Crippen LogP contribution in [0.25, 0.3) is 0 Å². The van der Waals surface area contributed by atoms with Crippen molar-refractivity contribution in [3.63, 3.8) is 0 Å². The third-order valence-electron chi connectivity index (χ3n) is 2.80. The maximum absolute atomic E-state index is 12.4. The van der Waals surface area contributed by atoms with Crippen LogP contribution >= 0.6 is 23.1 Å². The molecule has 100 valence electrons. The number of thiazole rings is 1. The minimum absolute atomic E-state index is 0.0157. The summed E-state index contributed by atoms with van der Waals surface area (Å²) in [5.74, 6) is 2.34. The Kier molecular flexibility index (Phi) is 4.34. The third-order valence-corrected chi connectivity index (χ3v) is 5.01. The van der Waals surface area contributed by atoms with Gasteiger partial charge in [0.2, 0.25) is 0 Å². The van der Waals surface area contributed by atoms with Crippen LogP contribution in [0.1, 0.15) is 23.5 Å². The molecule has 0 aromatic carbocycles. The van der Waals surface area contributed by atoms with Gasteiger partial charge in [-0.2, -0.15) is 11.8 Å². The van der Waals surface area contributed by atoms with E-state index in [0.717, 1.165) is 29.7 Å². The quantitative estimate of drug-likeness (QED) is 0.885. The smallest absolute Gasteiger partial charge is 0.268 e. The van der Waals surface area contributed by atoms with E-state index in [-0.39, 0.29) is 11.9 Å². The molecule has 1 amide bonds. The summed E-state index contributed by atoms with van der Waals surface area (Å²) in [5, 5.41) is 3.81. The van der Waals surface area contributed by atoms with Crippen molar-refractivity contribution in [3.8, 4) is 0 Å². The lowest BCUT2D eigenvalue weighted by atomic mass is 10.3. The van der Waals surface area contributed by atoms with Gasteiger partial charge in [-0.05, 0) is 13.8 Å². The van der Waals surface area contributed by atoms with E-state index in [1.54, 1.807) is 0 Å². The van der Waals surface area contributed by atoms with E-state index in [0.29, 0.717) is 10.7 Å². The van der Waals surface area contributed by atoms with Gasteiger partial charge < -0.3 is 16.0 Å². The SMILES string of the molecule is CCNc1nc(N)c(C(=O)N2CCSCC2C)s1. The van der Waals surface area contributed by atoms with Crippen molar-refractivity contribution < 1.29 is 4.79 Å². The number of aromatic nitrogens is 1. The van der Waals surface area contributed by atoms with Gasteiger partial charge in [0, 0.05) is 30.6 Å². The Bertz CT molecular complexity index is 435. The summed E-state index contributed by atoms with van der Waals surface area (Å²) in [4.78, 5) is 19.1. The highest BCUT2D eigenvalue weighted by Crippen LogP contribution is 2.28. The number of nitrogens with one attached hydrogen (secondary N) is 1. The highest BCUT2D eigenvalue weighted by atomic mass is 32.2. The second-order valence-electron chi connectivity index (χ2n) is 4.19. The number of nitrogens with zero attached hydrogens (tertiary/aromatic N) is 2. The van der Waals surface area contributed by atoms with E-state index in [2.05, 4.69) is 17.2 Å². The number of hydrogen-bond donors (Lipinski definition) is 2. The molecule has 0 spiro atoms. The fraction of sp³-hybridized carbons (Fsp3) is 0.636. The number of carbonyl (C=O) groups is 1. The molecule has 5 nitrogen and oxygen atoms in total. The number of nitrogen functional groups attached to an aromatic ring is 1. The Morgan fingerprint density at radius 2 is 2.44 bits per heavy atom. The lowest BCUT2D eigenvalue weighted by molar-refractivity contribution is 0.0722. The van der Waals surface area contributed by atoms with Gasteiger partial charge >= 0.3 is 0 Å². The van der Waals surface area contributed by atoms with Gasteiger partial charge in [0.25, 0.3) is 5.91 Å². The average molecular weight is 286 g/mol. The van der Waals surface area contributed by atoms with E-state index in [9.17, 15) is 4.79 Å². The molecule has 7 heteroatoms. The van der Waals surface area contributed by atoms with Crippen LogP contribution in [-0.2, 0) is 0 Å².